The number of imidazole rings is 1. The third kappa shape index (κ3) is 3.79. The van der Waals surface area contributed by atoms with Gasteiger partial charge in [0.25, 0.3) is 0 Å². The average molecular weight is 494 g/mol. The first-order chi connectivity index (χ1) is 18.1. The predicted molar refractivity (Wildman–Crippen MR) is 144 cm³/mol. The molecule has 9 nitrogen and oxygen atoms in total. The molecule has 0 spiro atoms. The van der Waals surface area contributed by atoms with Crippen LogP contribution >= 0.6 is 0 Å². The van der Waals surface area contributed by atoms with Crippen LogP contribution in [0.5, 0.6) is 17.2 Å². The summed E-state index contributed by atoms with van der Waals surface area (Å²) in [6.45, 7) is 5.53. The van der Waals surface area contributed by atoms with E-state index in [0.29, 0.717) is 12.6 Å². The number of nitrogens with one attached hydrogen (secondary N) is 2. The van der Waals surface area contributed by atoms with E-state index >= 15 is 0 Å². The fraction of sp³-hybridized carbons (Fsp3) is 0.250. The topological polar surface area (TPSA) is 89.4 Å². The maximum absolute atomic E-state index is 6.30. The van der Waals surface area contributed by atoms with E-state index in [1.807, 2.05) is 48.9 Å². The number of fused-ring (bicyclic) bond motifs is 6. The molecule has 9 heteroatoms. The van der Waals surface area contributed by atoms with Crippen molar-refractivity contribution in [1.29, 1.82) is 0 Å². The van der Waals surface area contributed by atoms with Crippen LogP contribution in [-0.4, -0.2) is 51.8 Å². The van der Waals surface area contributed by atoms with Crippen molar-refractivity contribution < 1.29 is 9.47 Å². The van der Waals surface area contributed by atoms with Gasteiger partial charge in [0.2, 0.25) is 0 Å². The molecular weight excluding hydrogens is 466 g/mol. The van der Waals surface area contributed by atoms with Gasteiger partial charge in [-0.3, -0.25) is 0 Å². The fourth-order valence-electron chi connectivity index (χ4n) is 5.27. The number of rotatable bonds is 4. The summed E-state index contributed by atoms with van der Waals surface area (Å²) in [4.78, 5) is 16.0. The highest BCUT2D eigenvalue weighted by atomic mass is 16.5. The lowest BCUT2D eigenvalue weighted by Crippen LogP contribution is -2.55. The number of anilines is 3. The van der Waals surface area contributed by atoms with Crippen LogP contribution in [-0.2, 0) is 7.05 Å². The lowest BCUT2D eigenvalue weighted by atomic mass is 10.1. The smallest absolute Gasteiger partial charge is 0.155 e. The lowest BCUT2D eigenvalue weighted by molar-refractivity contribution is 0.250. The number of nitrogens with zero attached hydrogens (tertiary/aromatic N) is 5. The Labute approximate surface area is 214 Å². The van der Waals surface area contributed by atoms with Crippen molar-refractivity contribution >= 4 is 39.1 Å². The Morgan fingerprint density at radius 3 is 2.92 bits per heavy atom. The molecule has 5 aromatic rings. The molecule has 0 bridgehead atoms. The summed E-state index contributed by atoms with van der Waals surface area (Å²) in [5.41, 5.74) is 5.85. The first-order valence-corrected chi connectivity index (χ1v) is 12.5. The molecule has 186 valence electrons. The normalized spacial score (nSPS) is 16.8. The minimum atomic E-state index is 0.341. The highest BCUT2D eigenvalue weighted by Gasteiger charge is 2.31. The van der Waals surface area contributed by atoms with E-state index in [-0.39, 0.29) is 0 Å². The zero-order chi connectivity index (χ0) is 24.9. The Morgan fingerprint density at radius 2 is 2.00 bits per heavy atom. The maximum atomic E-state index is 6.30. The Hall–Kier alpha value is -4.37. The molecule has 1 fully saturated rings. The number of hydrogen-bond donors (Lipinski definition) is 2. The summed E-state index contributed by atoms with van der Waals surface area (Å²) >= 11 is 0. The Morgan fingerprint density at radius 1 is 1.05 bits per heavy atom. The number of aryl methyl sites for hydroxylation is 2. The molecule has 0 amide bonds. The molecule has 2 aliphatic heterocycles. The number of piperazine rings is 1. The minimum absolute atomic E-state index is 0.341. The molecule has 1 unspecified atom stereocenters. The molecule has 3 aromatic carbocycles. The standard InChI is InChI=1S/C28H27N7O2/c1-17-11-18(3-8-25(17)37-20-4-6-23-22(12-20)32-16-34(23)2)33-28-26-21(30-15-31-28)5-7-24-27(26)36-14-19-13-29-9-10-35(19)24/h3-8,11-12,15-16,19,29H,9-10,13-14H2,1-2H3,(H,30,31,33). The van der Waals surface area contributed by atoms with Crippen LogP contribution < -0.4 is 25.0 Å². The second-order valence-electron chi connectivity index (χ2n) is 9.61. The number of ether oxygens (including phenoxy) is 2. The summed E-state index contributed by atoms with van der Waals surface area (Å²) in [5, 5.41) is 7.86. The molecule has 1 atom stereocenters. The first kappa shape index (κ1) is 21.9. The summed E-state index contributed by atoms with van der Waals surface area (Å²) in [5.74, 6) is 3.12. The average Bonchev–Trinajstić information content (AvgIpc) is 3.29. The first-order valence-electron chi connectivity index (χ1n) is 12.5. The van der Waals surface area contributed by atoms with E-state index < -0.39 is 0 Å². The van der Waals surface area contributed by atoms with Gasteiger partial charge in [-0.05, 0) is 55.0 Å². The number of aromatic nitrogens is 4. The summed E-state index contributed by atoms with van der Waals surface area (Å²) < 4.78 is 14.5. The van der Waals surface area contributed by atoms with Gasteiger partial charge in [0.1, 0.15) is 30.3 Å². The number of hydrogen-bond acceptors (Lipinski definition) is 8. The van der Waals surface area contributed by atoms with Gasteiger partial charge in [-0.25, -0.2) is 15.0 Å². The van der Waals surface area contributed by atoms with Gasteiger partial charge in [0.05, 0.1) is 40.0 Å². The second kappa shape index (κ2) is 8.63. The Balaban J connectivity index is 1.19. The monoisotopic (exact) mass is 493 g/mol. The van der Waals surface area contributed by atoms with Gasteiger partial charge in [-0.1, -0.05) is 0 Å². The molecule has 1 saturated heterocycles. The molecule has 2 aliphatic rings. The van der Waals surface area contributed by atoms with Crippen molar-refractivity contribution in [2.45, 2.75) is 13.0 Å². The van der Waals surface area contributed by atoms with Crippen LogP contribution in [0, 0.1) is 6.92 Å². The highest BCUT2D eigenvalue weighted by molar-refractivity contribution is 6.00. The van der Waals surface area contributed by atoms with Crippen LogP contribution in [0.25, 0.3) is 21.9 Å². The summed E-state index contributed by atoms with van der Waals surface area (Å²) in [6.07, 6.45) is 3.40. The third-order valence-electron chi connectivity index (χ3n) is 7.18. The highest BCUT2D eigenvalue weighted by Crippen LogP contribution is 2.43. The fourth-order valence-corrected chi connectivity index (χ4v) is 5.27. The largest absolute Gasteiger partial charge is 0.488 e. The van der Waals surface area contributed by atoms with Crippen LogP contribution in [0.2, 0.25) is 0 Å². The van der Waals surface area contributed by atoms with E-state index in [4.69, 9.17) is 9.47 Å². The summed E-state index contributed by atoms with van der Waals surface area (Å²) in [6, 6.07) is 16.5. The Bertz CT molecular complexity index is 1650. The van der Waals surface area contributed by atoms with Crippen LogP contribution in [0.4, 0.5) is 17.2 Å². The van der Waals surface area contributed by atoms with Gasteiger partial charge in [-0.15, -0.1) is 0 Å². The van der Waals surface area contributed by atoms with Gasteiger partial charge >= 0.3 is 0 Å². The molecule has 2 N–H and O–H groups in total. The van der Waals surface area contributed by atoms with Crippen molar-refractivity contribution in [3.05, 3.63) is 66.7 Å². The molecule has 0 saturated carbocycles. The molecule has 2 aromatic heterocycles. The molecular formula is C28H27N7O2. The van der Waals surface area contributed by atoms with Crippen LogP contribution in [0.1, 0.15) is 5.56 Å². The van der Waals surface area contributed by atoms with E-state index in [1.165, 1.54) is 0 Å². The van der Waals surface area contributed by atoms with E-state index in [0.717, 1.165) is 81.6 Å². The number of benzene rings is 3. The predicted octanol–water partition coefficient (Wildman–Crippen LogP) is 4.53. The maximum Gasteiger partial charge on any atom is 0.155 e. The Kier molecular flexibility index (Phi) is 5.10. The van der Waals surface area contributed by atoms with Crippen molar-refractivity contribution in [3.8, 4) is 17.2 Å². The molecule has 7 rings (SSSR count). The van der Waals surface area contributed by atoms with Gasteiger partial charge in [0, 0.05) is 38.4 Å². The van der Waals surface area contributed by atoms with Gasteiger partial charge in [0.15, 0.2) is 5.75 Å². The summed E-state index contributed by atoms with van der Waals surface area (Å²) in [7, 11) is 1.98. The molecule has 0 radical (unpaired) electrons. The molecule has 0 aliphatic carbocycles. The second-order valence-corrected chi connectivity index (χ2v) is 9.61. The quantitative estimate of drug-likeness (QED) is 0.378. The van der Waals surface area contributed by atoms with Gasteiger partial charge in [-0.2, -0.15) is 0 Å². The van der Waals surface area contributed by atoms with Crippen molar-refractivity contribution in [1.82, 2.24) is 24.8 Å². The minimum Gasteiger partial charge on any atom is -0.488 e. The third-order valence-corrected chi connectivity index (χ3v) is 7.18. The van der Waals surface area contributed by atoms with Gasteiger partial charge < -0.3 is 29.6 Å². The zero-order valence-electron chi connectivity index (χ0n) is 20.7. The van der Waals surface area contributed by atoms with Crippen molar-refractivity contribution in [2.24, 2.45) is 7.05 Å². The van der Waals surface area contributed by atoms with E-state index in [9.17, 15) is 0 Å². The van der Waals surface area contributed by atoms with Crippen LogP contribution in [0.3, 0.4) is 0 Å². The molecule has 37 heavy (non-hydrogen) atoms. The van der Waals surface area contributed by atoms with E-state index in [1.54, 1.807) is 12.7 Å². The lowest BCUT2D eigenvalue weighted by Gasteiger charge is -2.42. The van der Waals surface area contributed by atoms with Crippen molar-refractivity contribution in [2.75, 3.05) is 36.5 Å². The SMILES string of the molecule is Cc1cc(Nc2ncnc3ccc4c(c23)OCC2CNCCN42)ccc1Oc1ccc2c(c1)ncn2C. The molecule has 4 heterocycles. The van der Waals surface area contributed by atoms with Crippen molar-refractivity contribution in [3.63, 3.8) is 0 Å². The van der Waals surface area contributed by atoms with Crippen LogP contribution in [0.15, 0.2) is 61.2 Å². The van der Waals surface area contributed by atoms with E-state index in [2.05, 4.69) is 48.7 Å². The zero-order valence-corrected chi connectivity index (χ0v) is 20.7.